The number of hydrogen-bond acceptors (Lipinski definition) is 2. The third-order valence-corrected chi connectivity index (χ3v) is 2.40. The molecule has 7 heteroatoms. The average Bonchev–Trinajstić information content (AvgIpc) is 2.59. The van der Waals surface area contributed by atoms with E-state index in [1.807, 2.05) is 0 Å². The van der Waals surface area contributed by atoms with Crippen LogP contribution in [-0.4, -0.2) is 9.78 Å². The fourth-order valence-electron chi connectivity index (χ4n) is 1.60. The molecular formula is C11H9F4N3. The van der Waals surface area contributed by atoms with E-state index in [2.05, 4.69) is 5.10 Å². The van der Waals surface area contributed by atoms with Crippen LogP contribution < -0.4 is 5.73 Å². The van der Waals surface area contributed by atoms with Crippen LogP contribution in [0.5, 0.6) is 0 Å². The average molecular weight is 259 g/mol. The molecule has 2 aromatic rings. The number of nitrogens with two attached hydrogens (primary N) is 1. The number of anilines is 1. The molecule has 0 aliphatic heterocycles. The van der Waals surface area contributed by atoms with Crippen molar-refractivity contribution in [3.8, 4) is 5.69 Å². The van der Waals surface area contributed by atoms with Gasteiger partial charge in [0.25, 0.3) is 0 Å². The summed E-state index contributed by atoms with van der Waals surface area (Å²) in [5, 5.41) is 3.43. The zero-order valence-corrected chi connectivity index (χ0v) is 9.29. The lowest BCUT2D eigenvalue weighted by Crippen LogP contribution is -2.09. The van der Waals surface area contributed by atoms with Crippen molar-refractivity contribution in [2.45, 2.75) is 13.1 Å². The molecule has 0 saturated carbocycles. The Kier molecular flexibility index (Phi) is 2.76. The van der Waals surface area contributed by atoms with E-state index in [9.17, 15) is 17.6 Å². The van der Waals surface area contributed by atoms with Gasteiger partial charge in [-0.2, -0.15) is 18.3 Å². The van der Waals surface area contributed by atoms with E-state index in [1.54, 1.807) is 0 Å². The van der Waals surface area contributed by atoms with E-state index in [0.717, 1.165) is 16.8 Å². The lowest BCUT2D eigenvalue weighted by Gasteiger charge is -2.06. The largest absolute Gasteiger partial charge is 0.435 e. The van der Waals surface area contributed by atoms with Crippen molar-refractivity contribution in [3.63, 3.8) is 0 Å². The summed E-state index contributed by atoms with van der Waals surface area (Å²) in [5.41, 5.74) is 4.76. The van der Waals surface area contributed by atoms with Gasteiger partial charge in [0.15, 0.2) is 5.69 Å². The quantitative estimate of drug-likeness (QED) is 0.632. The standard InChI is InChI=1S/C11H9F4N3/c1-6-5-18(17-10(6)11(13,14)15)9-3-2-7(12)4-8(9)16/h2-5H,16H2,1H3. The van der Waals surface area contributed by atoms with E-state index in [1.165, 1.54) is 19.2 Å². The van der Waals surface area contributed by atoms with Crippen molar-refractivity contribution in [1.82, 2.24) is 9.78 Å². The van der Waals surface area contributed by atoms with E-state index < -0.39 is 17.7 Å². The minimum Gasteiger partial charge on any atom is -0.397 e. The molecule has 1 heterocycles. The molecule has 0 amide bonds. The molecule has 2 rings (SSSR count). The minimum absolute atomic E-state index is 0.0197. The Balaban J connectivity index is 2.53. The van der Waals surface area contributed by atoms with Gasteiger partial charge in [-0.15, -0.1) is 0 Å². The van der Waals surface area contributed by atoms with Gasteiger partial charge >= 0.3 is 6.18 Å². The third-order valence-electron chi connectivity index (χ3n) is 2.40. The highest BCUT2D eigenvalue weighted by atomic mass is 19.4. The molecule has 0 unspecified atom stereocenters. The third kappa shape index (κ3) is 2.15. The number of rotatable bonds is 1. The molecule has 0 aliphatic rings. The summed E-state index contributed by atoms with van der Waals surface area (Å²) in [6, 6.07) is 3.41. The van der Waals surface area contributed by atoms with Gasteiger partial charge in [-0.25, -0.2) is 9.07 Å². The highest BCUT2D eigenvalue weighted by Gasteiger charge is 2.36. The highest BCUT2D eigenvalue weighted by molar-refractivity contribution is 5.57. The van der Waals surface area contributed by atoms with Crippen LogP contribution in [0.3, 0.4) is 0 Å². The smallest absolute Gasteiger partial charge is 0.397 e. The number of halogens is 4. The van der Waals surface area contributed by atoms with E-state index in [0.29, 0.717) is 0 Å². The normalized spacial score (nSPS) is 11.8. The van der Waals surface area contributed by atoms with Crippen molar-refractivity contribution in [2.75, 3.05) is 5.73 Å². The maximum Gasteiger partial charge on any atom is 0.435 e. The number of nitrogen functional groups attached to an aromatic ring is 1. The number of alkyl halides is 3. The number of nitrogens with zero attached hydrogens (tertiary/aromatic N) is 2. The summed E-state index contributed by atoms with van der Waals surface area (Å²) >= 11 is 0. The molecule has 0 aliphatic carbocycles. The monoisotopic (exact) mass is 259 g/mol. The van der Waals surface area contributed by atoms with Crippen LogP contribution in [0.25, 0.3) is 5.69 Å². The molecule has 0 saturated heterocycles. The van der Waals surface area contributed by atoms with E-state index >= 15 is 0 Å². The van der Waals surface area contributed by atoms with Crippen LogP contribution in [0.4, 0.5) is 23.2 Å². The fraction of sp³-hybridized carbons (Fsp3) is 0.182. The second-order valence-electron chi connectivity index (χ2n) is 3.81. The maximum absolute atomic E-state index is 12.8. The van der Waals surface area contributed by atoms with Crippen molar-refractivity contribution in [3.05, 3.63) is 41.5 Å². The second-order valence-corrected chi connectivity index (χ2v) is 3.81. The van der Waals surface area contributed by atoms with E-state index in [-0.39, 0.29) is 16.9 Å². The minimum atomic E-state index is -4.52. The first-order valence-electron chi connectivity index (χ1n) is 4.98. The fourth-order valence-corrected chi connectivity index (χ4v) is 1.60. The topological polar surface area (TPSA) is 43.8 Å². The maximum atomic E-state index is 12.8. The first kappa shape index (κ1) is 12.4. The summed E-state index contributed by atoms with van der Waals surface area (Å²) < 4.78 is 51.6. The number of hydrogen-bond donors (Lipinski definition) is 1. The molecule has 0 atom stereocenters. The Hall–Kier alpha value is -2.05. The number of aromatic nitrogens is 2. The van der Waals surface area contributed by atoms with Crippen LogP contribution in [-0.2, 0) is 6.18 Å². The first-order chi connectivity index (χ1) is 8.29. The van der Waals surface area contributed by atoms with Gasteiger partial charge in [0.1, 0.15) is 5.82 Å². The Bertz CT molecular complexity index is 586. The van der Waals surface area contributed by atoms with Crippen LogP contribution in [0.2, 0.25) is 0 Å². The van der Waals surface area contributed by atoms with E-state index in [4.69, 9.17) is 5.73 Å². The molecule has 1 aromatic carbocycles. The Labute approximate surface area is 99.8 Å². The molecule has 18 heavy (non-hydrogen) atoms. The Morgan fingerprint density at radius 2 is 1.94 bits per heavy atom. The van der Waals surface area contributed by atoms with Crippen LogP contribution in [0.1, 0.15) is 11.3 Å². The van der Waals surface area contributed by atoms with Gasteiger partial charge < -0.3 is 5.73 Å². The summed E-state index contributed by atoms with van der Waals surface area (Å²) in [7, 11) is 0. The van der Waals surface area contributed by atoms with Crippen LogP contribution >= 0.6 is 0 Å². The number of benzene rings is 1. The Morgan fingerprint density at radius 1 is 1.28 bits per heavy atom. The van der Waals surface area contributed by atoms with Gasteiger partial charge in [0.2, 0.25) is 0 Å². The molecule has 3 nitrogen and oxygen atoms in total. The molecule has 2 N–H and O–H groups in total. The summed E-state index contributed by atoms with van der Waals surface area (Å²) in [6.07, 6.45) is -3.32. The van der Waals surface area contributed by atoms with Crippen LogP contribution in [0, 0.1) is 12.7 Å². The molecule has 0 bridgehead atoms. The zero-order chi connectivity index (χ0) is 13.5. The molecule has 0 fully saturated rings. The van der Waals surface area contributed by atoms with Gasteiger partial charge in [0.05, 0.1) is 11.4 Å². The van der Waals surface area contributed by atoms with Gasteiger partial charge in [0, 0.05) is 6.20 Å². The first-order valence-corrected chi connectivity index (χ1v) is 4.98. The molecule has 96 valence electrons. The summed E-state index contributed by atoms with van der Waals surface area (Å²) in [4.78, 5) is 0. The second kappa shape index (κ2) is 4.01. The number of aryl methyl sites for hydroxylation is 1. The SMILES string of the molecule is Cc1cn(-c2ccc(F)cc2N)nc1C(F)(F)F. The van der Waals surface area contributed by atoms with Crippen molar-refractivity contribution < 1.29 is 17.6 Å². The Morgan fingerprint density at radius 3 is 2.44 bits per heavy atom. The molecular weight excluding hydrogens is 250 g/mol. The van der Waals surface area contributed by atoms with Crippen molar-refractivity contribution >= 4 is 5.69 Å². The van der Waals surface area contributed by atoms with Gasteiger partial charge in [-0.3, -0.25) is 0 Å². The zero-order valence-electron chi connectivity index (χ0n) is 9.29. The van der Waals surface area contributed by atoms with Gasteiger partial charge in [-0.1, -0.05) is 0 Å². The lowest BCUT2D eigenvalue weighted by atomic mass is 10.2. The summed E-state index contributed by atoms with van der Waals surface area (Å²) in [6.45, 7) is 1.30. The van der Waals surface area contributed by atoms with Crippen LogP contribution in [0.15, 0.2) is 24.4 Å². The van der Waals surface area contributed by atoms with Crippen molar-refractivity contribution in [2.24, 2.45) is 0 Å². The predicted octanol–water partition coefficient (Wildman–Crippen LogP) is 2.92. The highest BCUT2D eigenvalue weighted by Crippen LogP contribution is 2.31. The van der Waals surface area contributed by atoms with Gasteiger partial charge in [-0.05, 0) is 30.7 Å². The predicted molar refractivity (Wildman–Crippen MR) is 57.7 cm³/mol. The van der Waals surface area contributed by atoms with Crippen molar-refractivity contribution in [1.29, 1.82) is 0 Å². The lowest BCUT2D eigenvalue weighted by molar-refractivity contribution is -0.141. The molecule has 0 radical (unpaired) electrons. The molecule has 0 spiro atoms. The molecule has 1 aromatic heterocycles. The summed E-state index contributed by atoms with van der Waals surface area (Å²) in [5.74, 6) is -0.559.